The van der Waals surface area contributed by atoms with Gasteiger partial charge in [-0.15, -0.1) is 0 Å². The predicted octanol–water partition coefficient (Wildman–Crippen LogP) is 4.42. The van der Waals surface area contributed by atoms with E-state index >= 15 is 0 Å². The zero-order valence-corrected chi connectivity index (χ0v) is 19.1. The summed E-state index contributed by atoms with van der Waals surface area (Å²) in [6.07, 6.45) is 14.7. The Bertz CT molecular complexity index is 357. The quantitative estimate of drug-likeness (QED) is 0.165. The molecule has 0 aliphatic carbocycles. The first-order chi connectivity index (χ1) is 14.1. The van der Waals surface area contributed by atoms with Gasteiger partial charge in [0.2, 0.25) is 0 Å². The van der Waals surface area contributed by atoms with Crippen LogP contribution in [0.5, 0.6) is 0 Å². The topological polar surface area (TPSA) is 64.6 Å². The lowest BCUT2D eigenvalue weighted by Crippen LogP contribution is -2.22. The lowest BCUT2D eigenvalue weighted by molar-refractivity contribution is -0.188. The van der Waals surface area contributed by atoms with E-state index in [1.165, 1.54) is 0 Å². The maximum Gasteiger partial charge on any atom is 0.179 e. The summed E-state index contributed by atoms with van der Waals surface area (Å²) in [5.41, 5.74) is 0. The van der Waals surface area contributed by atoms with Gasteiger partial charge in [0.05, 0.1) is 0 Å². The van der Waals surface area contributed by atoms with Gasteiger partial charge in [0, 0.05) is 42.7 Å². The molecule has 0 rings (SSSR count). The summed E-state index contributed by atoms with van der Waals surface area (Å²) in [7, 11) is 9.88. The van der Waals surface area contributed by atoms with Crippen molar-refractivity contribution in [1.29, 1.82) is 0 Å². The third-order valence-corrected chi connectivity index (χ3v) is 4.49. The molecular formula is C22H42O7. The van der Waals surface area contributed by atoms with Crippen molar-refractivity contribution >= 4 is 0 Å². The monoisotopic (exact) mass is 418 g/mol. The van der Waals surface area contributed by atoms with Gasteiger partial charge >= 0.3 is 0 Å². The molecule has 29 heavy (non-hydrogen) atoms. The summed E-state index contributed by atoms with van der Waals surface area (Å²) in [4.78, 5) is 0. The van der Waals surface area contributed by atoms with E-state index in [1.54, 1.807) is 42.7 Å². The first kappa shape index (κ1) is 28.2. The van der Waals surface area contributed by atoms with Gasteiger partial charge in [-0.3, -0.25) is 0 Å². The van der Waals surface area contributed by atoms with E-state index in [0.717, 1.165) is 51.4 Å². The molecule has 0 spiro atoms. The molecule has 2 unspecified atom stereocenters. The summed E-state index contributed by atoms with van der Waals surface area (Å²) in [6.45, 7) is 0. The van der Waals surface area contributed by atoms with Crippen molar-refractivity contribution in [3.05, 3.63) is 24.3 Å². The zero-order valence-electron chi connectivity index (χ0n) is 19.1. The molecule has 0 aromatic rings. The highest BCUT2D eigenvalue weighted by atomic mass is 16.8. The molecule has 0 bridgehead atoms. The standard InChI is InChI=1S/C22H42O7/c1-23-19(24-2)15-11-7-9-13-17-21(27-5)29-22(28-6)18-14-10-8-12-16-20(25-3)26-4/h13-14,17-22H,7-12,15-16H2,1-6H3. The van der Waals surface area contributed by atoms with Crippen molar-refractivity contribution in [3.8, 4) is 0 Å². The third kappa shape index (κ3) is 15.7. The SMILES string of the molecule is COC(C=CCCCCC(OC)OC)OC(C=CCCCCC(OC)OC)OC. The van der Waals surface area contributed by atoms with Crippen LogP contribution in [0, 0.1) is 0 Å². The van der Waals surface area contributed by atoms with Crippen LogP contribution in [-0.2, 0) is 33.2 Å². The minimum atomic E-state index is -0.445. The summed E-state index contributed by atoms with van der Waals surface area (Å²) < 4.78 is 37.3. The number of ether oxygens (including phenoxy) is 7. The highest BCUT2D eigenvalue weighted by Gasteiger charge is 2.10. The van der Waals surface area contributed by atoms with Crippen LogP contribution in [0.3, 0.4) is 0 Å². The van der Waals surface area contributed by atoms with Crippen LogP contribution in [0.25, 0.3) is 0 Å². The molecule has 0 aromatic heterocycles. The molecule has 0 aromatic carbocycles. The maximum atomic E-state index is 5.81. The van der Waals surface area contributed by atoms with Gasteiger partial charge in [-0.05, 0) is 63.5 Å². The van der Waals surface area contributed by atoms with Gasteiger partial charge in [-0.2, -0.15) is 0 Å². The normalized spacial score (nSPS) is 14.6. The number of rotatable bonds is 20. The molecule has 0 saturated heterocycles. The number of allylic oxidation sites excluding steroid dienone is 2. The molecule has 2 atom stereocenters. The Kier molecular flexibility index (Phi) is 19.9. The van der Waals surface area contributed by atoms with Gasteiger partial charge in [0.25, 0.3) is 0 Å². The van der Waals surface area contributed by atoms with E-state index in [1.807, 2.05) is 12.2 Å². The van der Waals surface area contributed by atoms with E-state index in [-0.39, 0.29) is 12.6 Å². The van der Waals surface area contributed by atoms with Crippen molar-refractivity contribution in [3.63, 3.8) is 0 Å². The largest absolute Gasteiger partial charge is 0.356 e. The first-order valence-electron chi connectivity index (χ1n) is 10.3. The van der Waals surface area contributed by atoms with Gasteiger partial charge in [-0.25, -0.2) is 0 Å². The highest BCUT2D eigenvalue weighted by molar-refractivity contribution is 4.89. The molecule has 7 nitrogen and oxygen atoms in total. The van der Waals surface area contributed by atoms with Crippen molar-refractivity contribution in [2.24, 2.45) is 0 Å². The molecule has 0 aliphatic rings. The smallest absolute Gasteiger partial charge is 0.179 e. The molecule has 7 heteroatoms. The van der Waals surface area contributed by atoms with Crippen LogP contribution in [-0.4, -0.2) is 67.8 Å². The minimum Gasteiger partial charge on any atom is -0.356 e. The van der Waals surface area contributed by atoms with Crippen molar-refractivity contribution in [2.75, 3.05) is 42.7 Å². The fourth-order valence-electron chi connectivity index (χ4n) is 2.72. The van der Waals surface area contributed by atoms with Crippen LogP contribution < -0.4 is 0 Å². The van der Waals surface area contributed by atoms with E-state index in [9.17, 15) is 0 Å². The Labute approximate surface area is 177 Å². The highest BCUT2D eigenvalue weighted by Crippen LogP contribution is 2.11. The Balaban J connectivity index is 4.07. The second kappa shape index (κ2) is 20.5. The molecular weight excluding hydrogens is 376 g/mol. The fraction of sp³-hybridized carbons (Fsp3) is 0.818. The third-order valence-electron chi connectivity index (χ3n) is 4.49. The Hall–Kier alpha value is -0.800. The Morgan fingerprint density at radius 1 is 0.517 bits per heavy atom. The second-order valence-corrected chi connectivity index (χ2v) is 6.57. The zero-order chi connectivity index (χ0) is 21.7. The maximum absolute atomic E-state index is 5.81. The second-order valence-electron chi connectivity index (χ2n) is 6.57. The van der Waals surface area contributed by atoms with E-state index < -0.39 is 12.6 Å². The van der Waals surface area contributed by atoms with Gasteiger partial charge < -0.3 is 33.2 Å². The number of hydrogen-bond donors (Lipinski definition) is 0. The average Bonchev–Trinajstić information content (AvgIpc) is 2.76. The minimum absolute atomic E-state index is 0.121. The Morgan fingerprint density at radius 2 is 0.897 bits per heavy atom. The van der Waals surface area contributed by atoms with Crippen LogP contribution in [0.15, 0.2) is 24.3 Å². The van der Waals surface area contributed by atoms with E-state index in [2.05, 4.69) is 12.2 Å². The first-order valence-corrected chi connectivity index (χ1v) is 10.3. The predicted molar refractivity (Wildman–Crippen MR) is 114 cm³/mol. The van der Waals surface area contributed by atoms with E-state index in [4.69, 9.17) is 33.2 Å². The van der Waals surface area contributed by atoms with Crippen LogP contribution in [0.2, 0.25) is 0 Å². The molecule has 172 valence electrons. The average molecular weight is 419 g/mol. The summed E-state index contributed by atoms with van der Waals surface area (Å²) in [5.74, 6) is 0. The van der Waals surface area contributed by atoms with Crippen LogP contribution in [0.4, 0.5) is 0 Å². The van der Waals surface area contributed by atoms with Crippen LogP contribution in [0.1, 0.15) is 51.4 Å². The summed E-state index contributed by atoms with van der Waals surface area (Å²) >= 11 is 0. The Morgan fingerprint density at radius 3 is 1.21 bits per heavy atom. The van der Waals surface area contributed by atoms with Crippen molar-refractivity contribution in [2.45, 2.75) is 76.5 Å². The number of methoxy groups -OCH3 is 6. The molecule has 0 fully saturated rings. The molecule has 0 N–H and O–H groups in total. The molecule has 0 aliphatic heterocycles. The van der Waals surface area contributed by atoms with Gasteiger partial charge in [0.15, 0.2) is 25.2 Å². The van der Waals surface area contributed by atoms with E-state index in [0.29, 0.717) is 0 Å². The van der Waals surface area contributed by atoms with Crippen molar-refractivity contribution in [1.82, 2.24) is 0 Å². The lowest BCUT2D eigenvalue weighted by atomic mass is 10.2. The fourth-order valence-corrected chi connectivity index (χ4v) is 2.72. The number of hydrogen-bond acceptors (Lipinski definition) is 7. The molecule has 0 heterocycles. The number of unbranched alkanes of at least 4 members (excludes halogenated alkanes) is 4. The summed E-state index contributed by atoms with van der Waals surface area (Å²) in [5, 5.41) is 0. The van der Waals surface area contributed by atoms with Crippen molar-refractivity contribution < 1.29 is 33.2 Å². The van der Waals surface area contributed by atoms with Gasteiger partial charge in [-0.1, -0.05) is 12.2 Å². The van der Waals surface area contributed by atoms with Crippen LogP contribution >= 0.6 is 0 Å². The lowest BCUT2D eigenvalue weighted by Gasteiger charge is -2.18. The summed E-state index contributed by atoms with van der Waals surface area (Å²) in [6, 6.07) is 0. The van der Waals surface area contributed by atoms with Gasteiger partial charge in [0.1, 0.15) is 0 Å². The molecule has 0 amide bonds. The molecule has 0 saturated carbocycles. The molecule has 0 radical (unpaired) electrons.